The molecule has 3 aromatic heterocycles. The number of carbonyl (C=O) groups excluding carboxylic acids is 1. The summed E-state index contributed by atoms with van der Waals surface area (Å²) in [6, 6.07) is 14.0. The van der Waals surface area contributed by atoms with Crippen molar-refractivity contribution in [1.29, 1.82) is 0 Å². The number of pyridine rings is 1. The molecule has 1 aliphatic rings. The van der Waals surface area contributed by atoms with E-state index in [0.29, 0.717) is 23.6 Å². The number of benzene rings is 1. The van der Waals surface area contributed by atoms with Crippen LogP contribution in [0, 0.1) is 17.7 Å². The molecule has 6 nitrogen and oxygen atoms in total. The Morgan fingerprint density at radius 1 is 1.21 bits per heavy atom. The van der Waals surface area contributed by atoms with Crippen molar-refractivity contribution in [2.45, 2.75) is 25.8 Å². The third kappa shape index (κ3) is 4.16. The van der Waals surface area contributed by atoms with Crippen molar-refractivity contribution in [1.82, 2.24) is 19.3 Å². The topological polar surface area (TPSA) is 62.5 Å². The summed E-state index contributed by atoms with van der Waals surface area (Å²) in [5.41, 5.74) is 3.50. The number of nitrogens with zero attached hydrogens (tertiary/aromatic N) is 4. The van der Waals surface area contributed by atoms with E-state index in [0.717, 1.165) is 30.5 Å². The van der Waals surface area contributed by atoms with Gasteiger partial charge in [0.05, 0.1) is 24.1 Å². The lowest BCUT2D eigenvalue weighted by atomic mass is 10.0. The summed E-state index contributed by atoms with van der Waals surface area (Å²) in [7, 11) is 0. The minimum atomic E-state index is -0.469. The number of rotatable bonds is 5. The summed E-state index contributed by atoms with van der Waals surface area (Å²) in [6.07, 6.45) is 7.18. The largest absolute Gasteiger partial charge is 0.307 e. The lowest BCUT2D eigenvalue weighted by Gasteiger charge is -2.21. The SMILES string of the molecule is CC#CCN1CCCC1c1cc(-c2ccc(C(=O)Nc3ccccn3)cc2F)n2cnccc12. The van der Waals surface area contributed by atoms with Gasteiger partial charge in [-0.1, -0.05) is 12.0 Å². The van der Waals surface area contributed by atoms with Crippen molar-refractivity contribution in [2.75, 3.05) is 18.4 Å². The molecule has 1 N–H and O–H groups in total. The quantitative estimate of drug-likeness (QED) is 0.435. The number of hydrogen-bond donors (Lipinski definition) is 1. The lowest BCUT2D eigenvalue weighted by molar-refractivity contribution is 0.102. The summed E-state index contributed by atoms with van der Waals surface area (Å²) in [6.45, 7) is 3.56. The molecule has 1 aromatic carbocycles. The zero-order valence-electron chi connectivity index (χ0n) is 18.8. The summed E-state index contributed by atoms with van der Waals surface area (Å²) >= 11 is 0. The molecule has 34 heavy (non-hydrogen) atoms. The first-order valence-electron chi connectivity index (χ1n) is 11.3. The predicted molar refractivity (Wildman–Crippen MR) is 130 cm³/mol. The molecular formula is C27H24FN5O. The monoisotopic (exact) mass is 453 g/mol. The zero-order valence-corrected chi connectivity index (χ0v) is 18.8. The lowest BCUT2D eigenvalue weighted by Crippen LogP contribution is -2.23. The van der Waals surface area contributed by atoms with E-state index in [4.69, 9.17) is 0 Å². The molecule has 0 aliphatic carbocycles. The molecule has 0 saturated carbocycles. The van der Waals surface area contributed by atoms with Gasteiger partial charge in [0.1, 0.15) is 11.6 Å². The third-order valence-corrected chi connectivity index (χ3v) is 6.20. The first-order chi connectivity index (χ1) is 16.7. The number of fused-ring (bicyclic) bond motifs is 1. The molecule has 0 bridgehead atoms. The van der Waals surface area contributed by atoms with Crippen LogP contribution in [0.1, 0.15) is 41.7 Å². The maximum Gasteiger partial charge on any atom is 0.256 e. The van der Waals surface area contributed by atoms with Crippen LogP contribution in [0.2, 0.25) is 0 Å². The van der Waals surface area contributed by atoms with Crippen LogP contribution in [-0.4, -0.2) is 38.3 Å². The van der Waals surface area contributed by atoms with Gasteiger partial charge in [0.15, 0.2) is 0 Å². The maximum atomic E-state index is 15.3. The van der Waals surface area contributed by atoms with E-state index in [1.165, 1.54) is 6.07 Å². The van der Waals surface area contributed by atoms with Crippen LogP contribution >= 0.6 is 0 Å². The summed E-state index contributed by atoms with van der Waals surface area (Å²) in [4.78, 5) is 23.3. The number of anilines is 1. The molecule has 1 atom stereocenters. The number of aromatic nitrogens is 3. The second-order valence-corrected chi connectivity index (χ2v) is 8.24. The fraction of sp³-hybridized carbons (Fsp3) is 0.222. The highest BCUT2D eigenvalue weighted by Crippen LogP contribution is 2.38. The number of halogens is 1. The average Bonchev–Trinajstić information content (AvgIpc) is 3.47. The highest BCUT2D eigenvalue weighted by Gasteiger charge is 2.29. The van der Waals surface area contributed by atoms with Crippen molar-refractivity contribution >= 4 is 17.2 Å². The molecule has 0 spiro atoms. The normalized spacial score (nSPS) is 15.8. The predicted octanol–water partition coefficient (Wildman–Crippen LogP) is 4.95. The molecule has 0 radical (unpaired) electrons. The van der Waals surface area contributed by atoms with Gasteiger partial charge in [-0.25, -0.2) is 14.4 Å². The Kier molecular flexibility index (Phi) is 6.07. The molecule has 7 heteroatoms. The van der Waals surface area contributed by atoms with Gasteiger partial charge in [-0.3, -0.25) is 14.1 Å². The fourth-order valence-electron chi connectivity index (χ4n) is 4.59. The number of nitrogens with one attached hydrogen (secondary N) is 1. The molecule has 1 amide bonds. The van der Waals surface area contributed by atoms with Gasteiger partial charge in [0.25, 0.3) is 5.91 Å². The summed E-state index contributed by atoms with van der Waals surface area (Å²) < 4.78 is 17.3. The van der Waals surface area contributed by atoms with E-state index < -0.39 is 11.7 Å². The van der Waals surface area contributed by atoms with Crippen molar-refractivity contribution in [3.05, 3.63) is 84.2 Å². The van der Waals surface area contributed by atoms with E-state index in [1.807, 2.05) is 23.5 Å². The van der Waals surface area contributed by atoms with Gasteiger partial charge in [-0.05, 0) is 74.3 Å². The van der Waals surface area contributed by atoms with Gasteiger partial charge in [-0.15, -0.1) is 5.92 Å². The van der Waals surface area contributed by atoms with Crippen LogP contribution in [0.25, 0.3) is 16.8 Å². The third-order valence-electron chi connectivity index (χ3n) is 6.20. The Bertz CT molecular complexity index is 1400. The van der Waals surface area contributed by atoms with E-state index in [2.05, 4.69) is 32.0 Å². The van der Waals surface area contributed by atoms with Crippen LogP contribution in [0.5, 0.6) is 0 Å². The fourth-order valence-corrected chi connectivity index (χ4v) is 4.59. The van der Waals surface area contributed by atoms with Crippen LogP contribution < -0.4 is 5.32 Å². The highest BCUT2D eigenvalue weighted by molar-refractivity contribution is 6.04. The Morgan fingerprint density at radius 3 is 2.91 bits per heavy atom. The minimum Gasteiger partial charge on any atom is -0.307 e. The van der Waals surface area contributed by atoms with Crippen molar-refractivity contribution in [2.24, 2.45) is 0 Å². The van der Waals surface area contributed by atoms with Gasteiger partial charge >= 0.3 is 0 Å². The molecule has 4 aromatic rings. The van der Waals surface area contributed by atoms with Crippen molar-refractivity contribution < 1.29 is 9.18 Å². The molecular weight excluding hydrogens is 429 g/mol. The smallest absolute Gasteiger partial charge is 0.256 e. The Morgan fingerprint density at radius 2 is 2.12 bits per heavy atom. The first kappa shape index (κ1) is 21.8. The summed E-state index contributed by atoms with van der Waals surface area (Å²) in [5.74, 6) is 5.69. The first-order valence-corrected chi connectivity index (χ1v) is 11.3. The second kappa shape index (κ2) is 9.46. The minimum absolute atomic E-state index is 0.221. The van der Waals surface area contributed by atoms with E-state index in [-0.39, 0.29) is 11.6 Å². The molecule has 1 saturated heterocycles. The van der Waals surface area contributed by atoms with Gasteiger partial charge < -0.3 is 5.32 Å². The van der Waals surface area contributed by atoms with Crippen LogP contribution in [0.15, 0.2) is 67.3 Å². The molecule has 1 aliphatic heterocycles. The van der Waals surface area contributed by atoms with Crippen LogP contribution in [-0.2, 0) is 0 Å². The van der Waals surface area contributed by atoms with Gasteiger partial charge in [0, 0.05) is 29.6 Å². The van der Waals surface area contributed by atoms with Gasteiger partial charge in [-0.2, -0.15) is 0 Å². The number of amides is 1. The van der Waals surface area contributed by atoms with Crippen molar-refractivity contribution in [3.8, 4) is 23.1 Å². The van der Waals surface area contributed by atoms with E-state index in [1.54, 1.807) is 49.1 Å². The molecule has 1 fully saturated rings. The Labute approximate surface area is 197 Å². The Hall–Kier alpha value is -4.02. The van der Waals surface area contributed by atoms with Crippen LogP contribution in [0.3, 0.4) is 0 Å². The molecule has 5 rings (SSSR count). The van der Waals surface area contributed by atoms with E-state index in [9.17, 15) is 4.79 Å². The molecule has 4 heterocycles. The van der Waals surface area contributed by atoms with E-state index >= 15 is 4.39 Å². The van der Waals surface area contributed by atoms with Crippen molar-refractivity contribution in [3.63, 3.8) is 0 Å². The average molecular weight is 454 g/mol. The number of hydrogen-bond acceptors (Lipinski definition) is 4. The summed E-state index contributed by atoms with van der Waals surface area (Å²) in [5, 5.41) is 2.69. The van der Waals surface area contributed by atoms with Gasteiger partial charge in [0.2, 0.25) is 0 Å². The second-order valence-electron chi connectivity index (χ2n) is 8.24. The Balaban J connectivity index is 1.50. The zero-order chi connectivity index (χ0) is 23.5. The molecule has 170 valence electrons. The van der Waals surface area contributed by atoms with Crippen LogP contribution in [0.4, 0.5) is 10.2 Å². The standard InChI is InChI=1S/C27H24FN5O/c1-2-3-14-32-15-6-7-23(32)21-17-25(33-18-29-13-11-24(21)33)20-10-9-19(16-22(20)28)27(34)31-26-8-4-5-12-30-26/h4-5,8-13,16-18,23H,6-7,14-15H2,1H3,(H,30,31,34). The maximum absolute atomic E-state index is 15.3. The molecule has 1 unspecified atom stereocenters. The highest BCUT2D eigenvalue weighted by atomic mass is 19.1. The number of carbonyl (C=O) groups is 1. The number of likely N-dealkylation sites (tertiary alicyclic amines) is 1.